The predicted octanol–water partition coefficient (Wildman–Crippen LogP) is 3.54. The van der Waals surface area contributed by atoms with Gasteiger partial charge in [0.25, 0.3) is 5.22 Å². The van der Waals surface area contributed by atoms with Gasteiger partial charge in [0.1, 0.15) is 0 Å². The number of thioether (sulfide) groups is 1. The van der Waals surface area contributed by atoms with E-state index in [4.69, 9.17) is 4.42 Å². The Morgan fingerprint density at radius 2 is 2.27 bits per heavy atom. The van der Waals surface area contributed by atoms with Crippen LogP contribution in [0.4, 0.5) is 0 Å². The van der Waals surface area contributed by atoms with Crippen molar-refractivity contribution < 1.29 is 9.21 Å². The van der Waals surface area contributed by atoms with Crippen LogP contribution in [0.15, 0.2) is 28.0 Å². The molecule has 1 N–H and O–H groups in total. The van der Waals surface area contributed by atoms with Gasteiger partial charge in [-0.15, -0.1) is 0 Å². The summed E-state index contributed by atoms with van der Waals surface area (Å²) in [7, 11) is 0. The van der Waals surface area contributed by atoms with Crippen LogP contribution in [0, 0.1) is 0 Å². The van der Waals surface area contributed by atoms with Crippen LogP contribution in [-0.4, -0.2) is 27.2 Å². The quantitative estimate of drug-likeness (QED) is 0.854. The second-order valence-electron chi connectivity index (χ2n) is 5.66. The van der Waals surface area contributed by atoms with Crippen molar-refractivity contribution >= 4 is 28.9 Å². The molecule has 3 rings (SSSR count). The maximum atomic E-state index is 12.4. The van der Waals surface area contributed by atoms with E-state index in [1.165, 1.54) is 31.0 Å². The van der Waals surface area contributed by atoms with Gasteiger partial charge in [-0.3, -0.25) is 4.79 Å². The highest BCUT2D eigenvalue weighted by Gasteiger charge is 2.24. The SMILES string of the molecule is CCC(Sc1nc2ncccc2o1)C(=O)NC1CCCCC1. The normalized spacial score (nSPS) is 17.5. The number of carbonyl (C=O) groups is 1. The molecule has 1 amide bonds. The standard InChI is InChI=1S/C16H21N3O2S/c1-2-13(15(20)18-11-7-4-3-5-8-11)22-16-19-14-12(21-16)9-6-10-17-14/h6,9-11,13H,2-5,7-8H2,1H3,(H,18,20). The molecule has 2 heterocycles. The average Bonchev–Trinajstić information content (AvgIpc) is 2.96. The highest BCUT2D eigenvalue weighted by Crippen LogP contribution is 2.28. The van der Waals surface area contributed by atoms with Crippen molar-refractivity contribution in [2.24, 2.45) is 0 Å². The number of nitrogens with one attached hydrogen (secondary N) is 1. The number of amides is 1. The molecule has 0 bridgehead atoms. The lowest BCUT2D eigenvalue weighted by Crippen LogP contribution is -2.41. The molecule has 1 aliphatic rings. The molecule has 0 saturated heterocycles. The van der Waals surface area contributed by atoms with Crippen molar-refractivity contribution in [3.05, 3.63) is 18.3 Å². The van der Waals surface area contributed by atoms with E-state index in [1.807, 2.05) is 19.1 Å². The summed E-state index contributed by atoms with van der Waals surface area (Å²) in [6.07, 6.45) is 8.34. The first-order chi connectivity index (χ1) is 10.8. The van der Waals surface area contributed by atoms with Crippen LogP contribution in [0.5, 0.6) is 0 Å². The van der Waals surface area contributed by atoms with Gasteiger partial charge in [-0.1, -0.05) is 37.9 Å². The third kappa shape index (κ3) is 3.61. The Balaban J connectivity index is 1.64. The fourth-order valence-corrected chi connectivity index (χ4v) is 3.65. The van der Waals surface area contributed by atoms with Crippen molar-refractivity contribution in [2.45, 2.75) is 62.0 Å². The number of nitrogens with zero attached hydrogens (tertiary/aromatic N) is 2. The summed E-state index contributed by atoms with van der Waals surface area (Å²) in [5.74, 6) is 0.0922. The van der Waals surface area contributed by atoms with Crippen LogP contribution < -0.4 is 5.32 Å². The number of fused-ring (bicyclic) bond motifs is 1. The smallest absolute Gasteiger partial charge is 0.259 e. The van der Waals surface area contributed by atoms with E-state index >= 15 is 0 Å². The third-order valence-corrected chi connectivity index (χ3v) is 5.21. The molecule has 22 heavy (non-hydrogen) atoms. The maximum Gasteiger partial charge on any atom is 0.259 e. The number of aromatic nitrogens is 2. The Bertz CT molecular complexity index is 604. The molecular formula is C16H21N3O2S. The van der Waals surface area contributed by atoms with E-state index in [2.05, 4.69) is 15.3 Å². The molecule has 1 unspecified atom stereocenters. The summed E-state index contributed by atoms with van der Waals surface area (Å²) in [6.45, 7) is 2.01. The average molecular weight is 319 g/mol. The van der Waals surface area contributed by atoms with Crippen molar-refractivity contribution in [2.75, 3.05) is 0 Å². The first-order valence-electron chi connectivity index (χ1n) is 7.95. The third-order valence-electron chi connectivity index (χ3n) is 4.00. The largest absolute Gasteiger partial charge is 0.430 e. The first kappa shape index (κ1) is 15.3. The summed E-state index contributed by atoms with van der Waals surface area (Å²) in [4.78, 5) is 20.9. The second kappa shape index (κ2) is 7.13. The molecule has 0 radical (unpaired) electrons. The molecule has 0 spiro atoms. The minimum atomic E-state index is -0.171. The maximum absolute atomic E-state index is 12.4. The molecule has 5 nitrogen and oxygen atoms in total. The van der Waals surface area contributed by atoms with Crippen LogP contribution in [-0.2, 0) is 4.79 Å². The van der Waals surface area contributed by atoms with Crippen LogP contribution in [0.3, 0.4) is 0 Å². The molecular weight excluding hydrogens is 298 g/mol. The lowest BCUT2D eigenvalue weighted by Gasteiger charge is -2.24. The number of hydrogen-bond acceptors (Lipinski definition) is 5. The fourth-order valence-electron chi connectivity index (χ4n) is 2.78. The van der Waals surface area contributed by atoms with Gasteiger partial charge in [0.15, 0.2) is 11.2 Å². The molecule has 6 heteroatoms. The van der Waals surface area contributed by atoms with E-state index in [0.29, 0.717) is 22.5 Å². The van der Waals surface area contributed by atoms with Crippen LogP contribution >= 0.6 is 11.8 Å². The summed E-state index contributed by atoms with van der Waals surface area (Å²) < 4.78 is 5.65. The molecule has 2 aromatic heterocycles. The first-order valence-corrected chi connectivity index (χ1v) is 8.83. The van der Waals surface area contributed by atoms with Gasteiger partial charge in [-0.2, -0.15) is 4.98 Å². The Morgan fingerprint density at radius 1 is 1.45 bits per heavy atom. The zero-order valence-electron chi connectivity index (χ0n) is 12.7. The lowest BCUT2D eigenvalue weighted by molar-refractivity contribution is -0.121. The van der Waals surface area contributed by atoms with Crippen LogP contribution in [0.25, 0.3) is 11.2 Å². The van der Waals surface area contributed by atoms with Gasteiger partial charge >= 0.3 is 0 Å². The monoisotopic (exact) mass is 319 g/mol. The zero-order chi connectivity index (χ0) is 15.4. The van der Waals surface area contributed by atoms with Crippen LogP contribution in [0.2, 0.25) is 0 Å². The minimum Gasteiger partial charge on any atom is -0.430 e. The fraction of sp³-hybridized carbons (Fsp3) is 0.562. The van der Waals surface area contributed by atoms with Crippen molar-refractivity contribution in [3.63, 3.8) is 0 Å². The molecule has 0 aliphatic heterocycles. The number of carbonyl (C=O) groups excluding carboxylic acids is 1. The zero-order valence-corrected chi connectivity index (χ0v) is 13.6. The van der Waals surface area contributed by atoms with E-state index < -0.39 is 0 Å². The van der Waals surface area contributed by atoms with Crippen molar-refractivity contribution in [1.82, 2.24) is 15.3 Å². The molecule has 2 aromatic rings. The second-order valence-corrected chi connectivity index (χ2v) is 6.82. The number of pyridine rings is 1. The summed E-state index contributed by atoms with van der Waals surface area (Å²) in [5, 5.41) is 3.52. The Labute approximate surface area is 134 Å². The van der Waals surface area contributed by atoms with E-state index in [1.54, 1.807) is 6.20 Å². The number of oxazole rings is 1. The van der Waals surface area contributed by atoms with Gasteiger partial charge in [-0.25, -0.2) is 4.98 Å². The summed E-state index contributed by atoms with van der Waals surface area (Å²) in [6, 6.07) is 3.98. The molecule has 1 fully saturated rings. The highest BCUT2D eigenvalue weighted by molar-refractivity contribution is 8.00. The molecule has 118 valence electrons. The Morgan fingerprint density at radius 3 is 3.00 bits per heavy atom. The molecule has 1 saturated carbocycles. The number of hydrogen-bond donors (Lipinski definition) is 1. The van der Waals surface area contributed by atoms with Gasteiger partial charge in [0, 0.05) is 12.2 Å². The lowest BCUT2D eigenvalue weighted by atomic mass is 9.95. The molecule has 1 atom stereocenters. The van der Waals surface area contributed by atoms with Crippen molar-refractivity contribution in [3.8, 4) is 0 Å². The highest BCUT2D eigenvalue weighted by atomic mass is 32.2. The molecule has 1 aliphatic carbocycles. The topological polar surface area (TPSA) is 68.0 Å². The molecule has 0 aromatic carbocycles. The van der Waals surface area contributed by atoms with Gasteiger partial charge in [-0.05, 0) is 31.4 Å². The van der Waals surface area contributed by atoms with Gasteiger partial charge in [0.05, 0.1) is 5.25 Å². The van der Waals surface area contributed by atoms with Crippen LogP contribution in [0.1, 0.15) is 45.4 Å². The Hall–Kier alpha value is -1.56. The van der Waals surface area contributed by atoms with E-state index in [0.717, 1.165) is 19.3 Å². The van der Waals surface area contributed by atoms with Gasteiger partial charge in [0.2, 0.25) is 5.91 Å². The van der Waals surface area contributed by atoms with E-state index in [9.17, 15) is 4.79 Å². The minimum absolute atomic E-state index is 0.0922. The summed E-state index contributed by atoms with van der Waals surface area (Å²) >= 11 is 1.38. The predicted molar refractivity (Wildman–Crippen MR) is 86.8 cm³/mol. The van der Waals surface area contributed by atoms with Gasteiger partial charge < -0.3 is 9.73 Å². The summed E-state index contributed by atoms with van der Waals surface area (Å²) in [5.41, 5.74) is 1.25. The van der Waals surface area contributed by atoms with Crippen molar-refractivity contribution in [1.29, 1.82) is 0 Å². The Kier molecular flexibility index (Phi) is 4.97. The van der Waals surface area contributed by atoms with E-state index in [-0.39, 0.29) is 11.2 Å². The number of rotatable bonds is 5.